The highest BCUT2D eigenvalue weighted by Gasteiger charge is 2.17. The van der Waals surface area contributed by atoms with E-state index in [4.69, 9.17) is 8.83 Å². The van der Waals surface area contributed by atoms with Crippen LogP contribution in [-0.2, 0) is 6.42 Å². The van der Waals surface area contributed by atoms with Gasteiger partial charge >= 0.3 is 11.6 Å². The quantitative estimate of drug-likeness (QED) is 0.547. The smallest absolute Gasteiger partial charge is 0.349 e. The van der Waals surface area contributed by atoms with Gasteiger partial charge in [0.1, 0.15) is 11.1 Å². The number of amides is 1. The lowest BCUT2D eigenvalue weighted by Crippen LogP contribution is -2.20. The number of aryl methyl sites for hydroxylation is 2. The monoisotopic (exact) mass is 375 g/mol. The van der Waals surface area contributed by atoms with Crippen molar-refractivity contribution >= 4 is 22.9 Å². The van der Waals surface area contributed by atoms with Gasteiger partial charge in [0.05, 0.1) is 6.42 Å². The molecule has 0 aliphatic heterocycles. The van der Waals surface area contributed by atoms with E-state index in [1.165, 1.54) is 11.6 Å². The first-order valence-corrected chi connectivity index (χ1v) is 8.72. The highest BCUT2D eigenvalue weighted by Crippen LogP contribution is 2.17. The average molecular weight is 375 g/mol. The fourth-order valence-corrected chi connectivity index (χ4v) is 2.97. The van der Waals surface area contributed by atoms with E-state index in [1.807, 2.05) is 26.0 Å². The zero-order valence-corrected chi connectivity index (χ0v) is 15.4. The van der Waals surface area contributed by atoms with Crippen LogP contribution < -0.4 is 10.9 Å². The molecule has 0 aliphatic carbocycles. The van der Waals surface area contributed by atoms with Gasteiger partial charge in [-0.05, 0) is 37.1 Å². The van der Waals surface area contributed by atoms with Gasteiger partial charge in [0, 0.05) is 5.39 Å². The Bertz CT molecular complexity index is 1240. The van der Waals surface area contributed by atoms with E-state index >= 15 is 0 Å². The van der Waals surface area contributed by atoms with Crippen LogP contribution in [0.25, 0.3) is 11.0 Å². The molecule has 7 heteroatoms. The van der Waals surface area contributed by atoms with Crippen LogP contribution in [0.3, 0.4) is 0 Å². The Kier molecular flexibility index (Phi) is 4.49. The minimum Gasteiger partial charge on any atom is -0.422 e. The number of hydrogen-bond donors (Lipinski definition) is 1. The van der Waals surface area contributed by atoms with Crippen LogP contribution in [0.1, 0.15) is 32.9 Å². The molecule has 7 nitrogen and oxygen atoms in total. The fourth-order valence-electron chi connectivity index (χ4n) is 2.97. The van der Waals surface area contributed by atoms with Gasteiger partial charge in [-0.15, -0.1) is 5.10 Å². The molecule has 4 rings (SSSR count). The van der Waals surface area contributed by atoms with Crippen molar-refractivity contribution in [2.24, 2.45) is 0 Å². The van der Waals surface area contributed by atoms with E-state index in [0.29, 0.717) is 23.3 Å². The van der Waals surface area contributed by atoms with Crippen molar-refractivity contribution in [3.63, 3.8) is 0 Å². The second-order valence-corrected chi connectivity index (χ2v) is 6.55. The van der Waals surface area contributed by atoms with Crippen molar-refractivity contribution in [1.29, 1.82) is 0 Å². The summed E-state index contributed by atoms with van der Waals surface area (Å²) < 4.78 is 10.7. The van der Waals surface area contributed by atoms with E-state index in [0.717, 1.165) is 11.1 Å². The van der Waals surface area contributed by atoms with Crippen molar-refractivity contribution in [2.75, 3.05) is 5.32 Å². The Morgan fingerprint density at radius 1 is 1.04 bits per heavy atom. The molecular weight excluding hydrogens is 358 g/mol. The SMILES string of the molecule is Cc1ccc(Cc2nnc(NC(=O)c3cc4ccccc4oc3=O)o2)c(C)c1. The summed E-state index contributed by atoms with van der Waals surface area (Å²) in [7, 11) is 0. The predicted molar refractivity (Wildman–Crippen MR) is 103 cm³/mol. The lowest BCUT2D eigenvalue weighted by Gasteiger charge is -2.04. The summed E-state index contributed by atoms with van der Waals surface area (Å²) in [4.78, 5) is 24.5. The maximum Gasteiger partial charge on any atom is 0.349 e. The molecule has 2 heterocycles. The minimum atomic E-state index is -0.730. The van der Waals surface area contributed by atoms with Gasteiger partial charge in [0.2, 0.25) is 5.89 Å². The first kappa shape index (κ1) is 17.7. The molecule has 0 aliphatic rings. The Morgan fingerprint density at radius 2 is 1.86 bits per heavy atom. The van der Waals surface area contributed by atoms with Crippen molar-refractivity contribution in [3.05, 3.63) is 87.1 Å². The number of fused-ring (bicyclic) bond motifs is 1. The summed E-state index contributed by atoms with van der Waals surface area (Å²) in [6.45, 7) is 4.04. The molecule has 0 radical (unpaired) electrons. The molecule has 0 saturated heterocycles. The molecule has 0 bridgehead atoms. The first-order valence-electron chi connectivity index (χ1n) is 8.72. The van der Waals surface area contributed by atoms with Gasteiger partial charge in [-0.25, -0.2) is 4.79 Å². The second kappa shape index (κ2) is 7.11. The number of carbonyl (C=O) groups is 1. The van der Waals surface area contributed by atoms with Crippen molar-refractivity contribution in [1.82, 2.24) is 10.2 Å². The van der Waals surface area contributed by atoms with Gasteiger partial charge < -0.3 is 8.83 Å². The third-order valence-corrected chi connectivity index (χ3v) is 4.41. The summed E-state index contributed by atoms with van der Waals surface area (Å²) >= 11 is 0. The van der Waals surface area contributed by atoms with Gasteiger partial charge in [-0.1, -0.05) is 47.1 Å². The zero-order valence-electron chi connectivity index (χ0n) is 15.4. The van der Waals surface area contributed by atoms with Crippen LogP contribution in [0, 0.1) is 13.8 Å². The van der Waals surface area contributed by atoms with Crippen molar-refractivity contribution in [2.45, 2.75) is 20.3 Å². The van der Waals surface area contributed by atoms with Crippen LogP contribution in [0.2, 0.25) is 0 Å². The highest BCUT2D eigenvalue weighted by atomic mass is 16.4. The number of benzene rings is 2. The summed E-state index contributed by atoms with van der Waals surface area (Å²) in [5.74, 6) is -0.297. The molecule has 1 amide bonds. The van der Waals surface area contributed by atoms with E-state index < -0.39 is 11.5 Å². The molecule has 2 aromatic carbocycles. The van der Waals surface area contributed by atoms with Gasteiger partial charge in [-0.3, -0.25) is 10.1 Å². The molecule has 140 valence electrons. The molecular formula is C21H17N3O4. The predicted octanol–water partition coefficient (Wildman–Crippen LogP) is 3.64. The van der Waals surface area contributed by atoms with Crippen molar-refractivity contribution in [3.8, 4) is 0 Å². The number of nitrogens with zero attached hydrogens (tertiary/aromatic N) is 2. The summed E-state index contributed by atoms with van der Waals surface area (Å²) in [6, 6.07) is 14.5. The molecule has 0 fully saturated rings. The summed E-state index contributed by atoms with van der Waals surface area (Å²) in [5, 5.41) is 10.9. The maximum atomic E-state index is 12.4. The standard InChI is InChI=1S/C21H17N3O4/c1-12-7-8-14(13(2)9-12)11-18-23-24-21(28-18)22-19(25)16-10-15-5-3-4-6-17(15)27-20(16)26/h3-10H,11H2,1-2H3,(H,22,24,25). The van der Waals surface area contributed by atoms with Crippen LogP contribution in [-0.4, -0.2) is 16.1 Å². The molecule has 2 aromatic heterocycles. The molecule has 28 heavy (non-hydrogen) atoms. The third kappa shape index (κ3) is 3.55. The lowest BCUT2D eigenvalue weighted by molar-refractivity contribution is 0.102. The van der Waals surface area contributed by atoms with E-state index in [-0.39, 0.29) is 11.6 Å². The molecule has 1 N–H and O–H groups in total. The number of hydrogen-bond acceptors (Lipinski definition) is 6. The summed E-state index contributed by atoms with van der Waals surface area (Å²) in [6.07, 6.45) is 0.451. The Hall–Kier alpha value is -3.74. The molecule has 0 atom stereocenters. The summed E-state index contributed by atoms with van der Waals surface area (Å²) in [5.41, 5.74) is 2.91. The number of anilines is 1. The number of rotatable bonds is 4. The third-order valence-electron chi connectivity index (χ3n) is 4.41. The van der Waals surface area contributed by atoms with E-state index in [2.05, 4.69) is 21.6 Å². The topological polar surface area (TPSA) is 98.2 Å². The normalized spacial score (nSPS) is 10.9. The lowest BCUT2D eigenvalue weighted by atomic mass is 10.0. The average Bonchev–Trinajstić information content (AvgIpc) is 3.10. The van der Waals surface area contributed by atoms with E-state index in [9.17, 15) is 9.59 Å². The maximum absolute atomic E-state index is 12.4. The Balaban J connectivity index is 1.53. The first-order chi connectivity index (χ1) is 13.5. The Morgan fingerprint density at radius 3 is 2.68 bits per heavy atom. The Labute approximate surface area is 160 Å². The van der Waals surface area contributed by atoms with Gasteiger partial charge in [0.15, 0.2) is 0 Å². The van der Waals surface area contributed by atoms with E-state index in [1.54, 1.807) is 24.3 Å². The number of aromatic nitrogens is 2. The van der Waals surface area contributed by atoms with Crippen LogP contribution >= 0.6 is 0 Å². The molecule has 0 unspecified atom stereocenters. The number of para-hydroxylation sites is 1. The fraction of sp³-hybridized carbons (Fsp3) is 0.143. The van der Waals surface area contributed by atoms with Gasteiger partial charge in [-0.2, -0.15) is 0 Å². The minimum absolute atomic E-state index is 0.0719. The second-order valence-electron chi connectivity index (χ2n) is 6.55. The van der Waals surface area contributed by atoms with Crippen LogP contribution in [0.4, 0.5) is 6.01 Å². The zero-order chi connectivity index (χ0) is 19.7. The number of carbonyl (C=O) groups excluding carboxylic acids is 1. The van der Waals surface area contributed by atoms with Gasteiger partial charge in [0.25, 0.3) is 5.91 Å². The van der Waals surface area contributed by atoms with Crippen molar-refractivity contribution < 1.29 is 13.6 Å². The van der Waals surface area contributed by atoms with Crippen LogP contribution in [0.5, 0.6) is 0 Å². The molecule has 0 spiro atoms. The van der Waals surface area contributed by atoms with Crippen LogP contribution in [0.15, 0.2) is 62.2 Å². The molecule has 4 aromatic rings. The molecule has 0 saturated carbocycles. The highest BCUT2D eigenvalue weighted by molar-refractivity contribution is 6.04. The number of nitrogens with one attached hydrogen (secondary N) is 1. The largest absolute Gasteiger partial charge is 0.422 e.